The van der Waals surface area contributed by atoms with Crippen molar-refractivity contribution in [3.8, 4) is 11.1 Å². The molecule has 0 spiro atoms. The maximum absolute atomic E-state index is 14.2. The van der Waals surface area contributed by atoms with Crippen LogP contribution >= 0.6 is 0 Å². The Balaban J connectivity index is 2.32. The number of pyridine rings is 1. The second-order valence-electron chi connectivity index (χ2n) is 6.64. The zero-order valence-corrected chi connectivity index (χ0v) is 16.9. The summed E-state index contributed by atoms with van der Waals surface area (Å²) in [5.41, 5.74) is 8.75. The third kappa shape index (κ3) is 3.58. The fourth-order valence-corrected chi connectivity index (χ4v) is 4.19. The van der Waals surface area contributed by atoms with Crippen LogP contribution in [0.15, 0.2) is 59.5 Å². The Hall–Kier alpha value is -2.55. The van der Waals surface area contributed by atoms with Crippen LogP contribution in [-0.4, -0.2) is 42.9 Å². The molecular formula is C20H23FN4O2S. The molecule has 0 fully saturated rings. The quantitative estimate of drug-likeness (QED) is 0.687. The Morgan fingerprint density at radius 3 is 2.54 bits per heavy atom. The summed E-state index contributed by atoms with van der Waals surface area (Å²) in [5, 5.41) is 0.743. The molecule has 0 saturated heterocycles. The lowest BCUT2D eigenvalue weighted by Gasteiger charge is -2.12. The number of aromatic nitrogens is 2. The van der Waals surface area contributed by atoms with Gasteiger partial charge in [-0.2, -0.15) is 0 Å². The third-order valence-electron chi connectivity index (χ3n) is 4.69. The number of hydrogen-bond acceptors (Lipinski definition) is 4. The molecule has 2 N–H and O–H groups in total. The first-order valence-electron chi connectivity index (χ1n) is 8.77. The van der Waals surface area contributed by atoms with Crippen molar-refractivity contribution in [2.24, 2.45) is 5.73 Å². The van der Waals surface area contributed by atoms with Crippen molar-refractivity contribution >= 4 is 20.9 Å². The molecule has 0 aliphatic carbocycles. The number of sulfonamides is 1. The van der Waals surface area contributed by atoms with Gasteiger partial charge in [-0.15, -0.1) is 0 Å². The fraction of sp³-hybridized carbons (Fsp3) is 0.250. The molecule has 3 aromatic rings. The van der Waals surface area contributed by atoms with Crippen LogP contribution in [0.2, 0.25) is 0 Å². The van der Waals surface area contributed by atoms with Crippen LogP contribution in [0.25, 0.3) is 22.0 Å². The van der Waals surface area contributed by atoms with Crippen molar-refractivity contribution in [1.29, 1.82) is 0 Å². The van der Waals surface area contributed by atoms with Gasteiger partial charge in [0.1, 0.15) is 5.83 Å². The largest absolute Gasteiger partial charge is 0.337 e. The first-order valence-corrected chi connectivity index (χ1v) is 10.2. The smallest absolute Gasteiger partial charge is 0.242 e. The zero-order valence-electron chi connectivity index (χ0n) is 16.1. The van der Waals surface area contributed by atoms with E-state index in [1.807, 2.05) is 23.6 Å². The van der Waals surface area contributed by atoms with Crippen LogP contribution in [0.4, 0.5) is 4.39 Å². The molecule has 8 heteroatoms. The number of nitrogens with zero attached hydrogens (tertiary/aromatic N) is 3. The van der Waals surface area contributed by atoms with Crippen LogP contribution in [-0.2, 0) is 16.6 Å². The average Bonchev–Trinajstić information content (AvgIpc) is 2.93. The highest BCUT2D eigenvalue weighted by molar-refractivity contribution is 7.89. The van der Waals surface area contributed by atoms with Crippen molar-refractivity contribution in [2.45, 2.75) is 18.4 Å². The highest BCUT2D eigenvalue weighted by atomic mass is 32.2. The summed E-state index contributed by atoms with van der Waals surface area (Å²) < 4.78 is 42.4. The average molecular weight is 402 g/mol. The lowest BCUT2D eigenvalue weighted by molar-refractivity contribution is 0.521. The lowest BCUT2D eigenvalue weighted by Crippen LogP contribution is -2.22. The van der Waals surface area contributed by atoms with Gasteiger partial charge in [-0.3, -0.25) is 4.98 Å². The summed E-state index contributed by atoms with van der Waals surface area (Å²) in [4.78, 5) is 4.24. The molecule has 0 aliphatic heterocycles. The van der Waals surface area contributed by atoms with E-state index in [0.29, 0.717) is 0 Å². The van der Waals surface area contributed by atoms with Crippen molar-refractivity contribution in [3.63, 3.8) is 0 Å². The van der Waals surface area contributed by atoms with Crippen molar-refractivity contribution in [3.05, 3.63) is 60.3 Å². The van der Waals surface area contributed by atoms with Gasteiger partial charge in [-0.25, -0.2) is 17.1 Å². The van der Waals surface area contributed by atoms with Gasteiger partial charge in [0.25, 0.3) is 0 Å². The van der Waals surface area contributed by atoms with Gasteiger partial charge < -0.3 is 10.3 Å². The van der Waals surface area contributed by atoms with Gasteiger partial charge >= 0.3 is 0 Å². The van der Waals surface area contributed by atoms with Crippen molar-refractivity contribution in [1.82, 2.24) is 13.9 Å². The molecule has 2 aromatic heterocycles. The summed E-state index contributed by atoms with van der Waals surface area (Å²) >= 11 is 0. The molecule has 3 rings (SSSR count). The van der Waals surface area contributed by atoms with Gasteiger partial charge in [0.2, 0.25) is 10.0 Å². The number of nitrogens with two attached hydrogens (primary N) is 1. The van der Waals surface area contributed by atoms with Gasteiger partial charge in [0.05, 0.1) is 11.4 Å². The first kappa shape index (κ1) is 20.2. The highest BCUT2D eigenvalue weighted by Crippen LogP contribution is 2.36. The lowest BCUT2D eigenvalue weighted by atomic mass is 10.0. The summed E-state index contributed by atoms with van der Waals surface area (Å²) in [6.07, 6.45) is 4.68. The predicted octanol–water partition coefficient (Wildman–Crippen LogP) is 3.07. The Morgan fingerprint density at radius 2 is 1.93 bits per heavy atom. The SMILES string of the molecule is Cc1c(-c2ccncc2)c2cc(S(=O)(=O)N(C)C)ccc2n1CC(F)=CCN. The first-order chi connectivity index (χ1) is 13.3. The van der Waals surface area contributed by atoms with Crippen LogP contribution in [0, 0.1) is 6.92 Å². The fourth-order valence-electron chi connectivity index (χ4n) is 3.26. The maximum Gasteiger partial charge on any atom is 0.242 e. The van der Waals surface area contributed by atoms with E-state index in [-0.39, 0.29) is 23.8 Å². The second kappa shape index (κ2) is 7.83. The Bertz CT molecular complexity index is 1140. The monoisotopic (exact) mass is 402 g/mol. The van der Waals surface area contributed by atoms with Gasteiger partial charge in [-0.05, 0) is 48.9 Å². The molecule has 0 aliphatic rings. The molecule has 0 radical (unpaired) electrons. The summed E-state index contributed by atoms with van der Waals surface area (Å²) in [6.45, 7) is 2.04. The molecule has 6 nitrogen and oxygen atoms in total. The van der Waals surface area contributed by atoms with E-state index in [4.69, 9.17) is 5.73 Å². The van der Waals surface area contributed by atoms with Crippen LogP contribution in [0.3, 0.4) is 0 Å². The van der Waals surface area contributed by atoms with Crippen LogP contribution < -0.4 is 5.73 Å². The summed E-state index contributed by atoms with van der Waals surface area (Å²) in [5.74, 6) is -0.339. The highest BCUT2D eigenvalue weighted by Gasteiger charge is 2.22. The third-order valence-corrected chi connectivity index (χ3v) is 6.50. The maximum atomic E-state index is 14.2. The number of hydrogen-bond donors (Lipinski definition) is 1. The molecule has 28 heavy (non-hydrogen) atoms. The summed E-state index contributed by atoms with van der Waals surface area (Å²) in [6, 6.07) is 8.62. The predicted molar refractivity (Wildman–Crippen MR) is 109 cm³/mol. The van der Waals surface area contributed by atoms with Gasteiger partial charge in [-0.1, -0.05) is 0 Å². The minimum atomic E-state index is -3.59. The Morgan fingerprint density at radius 1 is 1.25 bits per heavy atom. The number of allylic oxidation sites excluding steroid dienone is 1. The van der Waals surface area contributed by atoms with E-state index < -0.39 is 10.0 Å². The molecule has 0 unspecified atom stereocenters. The Labute approximate surface area is 164 Å². The van der Waals surface area contributed by atoms with E-state index in [1.54, 1.807) is 30.6 Å². The number of benzene rings is 1. The minimum absolute atomic E-state index is 0.0321. The Kier molecular flexibility index (Phi) is 5.64. The van der Waals surface area contributed by atoms with Crippen molar-refractivity contribution < 1.29 is 12.8 Å². The van der Waals surface area contributed by atoms with E-state index in [1.165, 1.54) is 24.5 Å². The van der Waals surface area contributed by atoms with Crippen LogP contribution in [0.5, 0.6) is 0 Å². The number of fused-ring (bicyclic) bond motifs is 1. The zero-order chi connectivity index (χ0) is 20.5. The minimum Gasteiger partial charge on any atom is -0.337 e. The molecule has 1 aromatic carbocycles. The van der Waals surface area contributed by atoms with E-state index in [9.17, 15) is 12.8 Å². The molecule has 0 atom stereocenters. The second-order valence-corrected chi connectivity index (χ2v) is 8.79. The molecule has 0 amide bonds. The van der Waals surface area contributed by atoms with Gasteiger partial charge in [0, 0.05) is 55.2 Å². The van der Waals surface area contributed by atoms with Gasteiger partial charge in [0.15, 0.2) is 0 Å². The van der Waals surface area contributed by atoms with E-state index >= 15 is 0 Å². The number of rotatable bonds is 6. The standard InChI is InChI=1S/C20H23FN4O2S/c1-14-20(15-7-10-23-11-8-15)18-12-17(28(26,27)24(2)3)4-5-19(18)25(14)13-16(21)6-9-22/h4-8,10-12H,9,13,22H2,1-3H3. The normalized spacial score (nSPS) is 12.9. The topological polar surface area (TPSA) is 81.2 Å². The van der Waals surface area contributed by atoms with Crippen LogP contribution in [0.1, 0.15) is 5.69 Å². The number of halogens is 1. The van der Waals surface area contributed by atoms with E-state index in [2.05, 4.69) is 4.98 Å². The van der Waals surface area contributed by atoms with E-state index in [0.717, 1.165) is 27.7 Å². The molecule has 2 heterocycles. The van der Waals surface area contributed by atoms with Crippen molar-refractivity contribution in [2.75, 3.05) is 20.6 Å². The molecule has 0 bridgehead atoms. The molecule has 0 saturated carbocycles. The molecule has 148 valence electrons. The molecular weight excluding hydrogens is 379 g/mol. The summed E-state index contributed by atoms with van der Waals surface area (Å²) in [7, 11) is -0.607.